The van der Waals surface area contributed by atoms with Gasteiger partial charge in [-0.15, -0.1) is 0 Å². The van der Waals surface area contributed by atoms with Gasteiger partial charge in [-0.2, -0.15) is 0 Å². The quantitative estimate of drug-likeness (QED) is 0.876. The van der Waals surface area contributed by atoms with Gasteiger partial charge in [-0.25, -0.2) is 0 Å². The van der Waals surface area contributed by atoms with E-state index in [9.17, 15) is 5.11 Å². The fourth-order valence-corrected chi connectivity index (χ4v) is 2.19. The highest BCUT2D eigenvalue weighted by Gasteiger charge is 2.09. The molecule has 0 spiro atoms. The van der Waals surface area contributed by atoms with Gasteiger partial charge in [0, 0.05) is 23.2 Å². The van der Waals surface area contributed by atoms with Gasteiger partial charge in [0.1, 0.15) is 5.75 Å². The highest BCUT2D eigenvalue weighted by Crippen LogP contribution is 2.25. The van der Waals surface area contributed by atoms with Gasteiger partial charge in [-0.3, -0.25) is 0 Å². The molecular weight excluding hydrogens is 258 g/mol. The number of aryl methyl sites for hydroxylation is 1. The molecule has 0 aliphatic heterocycles. The Bertz CT molecular complexity index is 531. The van der Waals surface area contributed by atoms with E-state index in [1.807, 2.05) is 0 Å². The molecule has 1 atom stereocenters. The van der Waals surface area contributed by atoms with Gasteiger partial charge in [0.25, 0.3) is 0 Å². The summed E-state index contributed by atoms with van der Waals surface area (Å²) in [5.41, 5.74) is 3.21. The summed E-state index contributed by atoms with van der Waals surface area (Å²) in [6, 6.07) is 13.8. The van der Waals surface area contributed by atoms with Crippen LogP contribution in [0.2, 0.25) is 5.02 Å². The molecule has 0 aliphatic rings. The van der Waals surface area contributed by atoms with Crippen molar-refractivity contribution >= 4 is 11.6 Å². The van der Waals surface area contributed by atoms with Crippen molar-refractivity contribution in [1.82, 2.24) is 5.32 Å². The summed E-state index contributed by atoms with van der Waals surface area (Å²) in [6.45, 7) is 4.71. The maximum Gasteiger partial charge on any atom is 0.121 e. The Hall–Kier alpha value is -1.51. The van der Waals surface area contributed by atoms with E-state index >= 15 is 0 Å². The average Bonchev–Trinajstić information content (AvgIpc) is 2.38. The first kappa shape index (κ1) is 13.9. The fourth-order valence-electron chi connectivity index (χ4n) is 1.95. The zero-order valence-electron chi connectivity index (χ0n) is 11.2. The average molecular weight is 276 g/mol. The van der Waals surface area contributed by atoms with Crippen LogP contribution in [0.4, 0.5) is 0 Å². The molecule has 0 amide bonds. The molecule has 19 heavy (non-hydrogen) atoms. The predicted molar refractivity (Wildman–Crippen MR) is 79.6 cm³/mol. The molecule has 0 fully saturated rings. The van der Waals surface area contributed by atoms with Crippen molar-refractivity contribution < 1.29 is 5.11 Å². The number of hydrogen-bond donors (Lipinski definition) is 2. The van der Waals surface area contributed by atoms with Crippen LogP contribution in [-0.4, -0.2) is 5.11 Å². The van der Waals surface area contributed by atoms with E-state index in [2.05, 4.69) is 43.4 Å². The number of phenolic OH excluding ortho intramolecular Hbond substituents is 1. The number of rotatable bonds is 4. The topological polar surface area (TPSA) is 32.3 Å². The molecule has 0 saturated carbocycles. The molecule has 2 N–H and O–H groups in total. The molecule has 2 aromatic rings. The number of nitrogens with one attached hydrogen (secondary N) is 1. The van der Waals surface area contributed by atoms with Gasteiger partial charge < -0.3 is 10.4 Å². The molecule has 0 bridgehead atoms. The number of hydrogen-bond acceptors (Lipinski definition) is 2. The van der Waals surface area contributed by atoms with Crippen molar-refractivity contribution in [3.05, 3.63) is 64.2 Å². The second kappa shape index (κ2) is 6.09. The summed E-state index contributed by atoms with van der Waals surface area (Å²) >= 11 is 6.08. The number of aromatic hydroxyl groups is 1. The van der Waals surface area contributed by atoms with Crippen molar-refractivity contribution in [2.75, 3.05) is 0 Å². The lowest BCUT2D eigenvalue weighted by Gasteiger charge is -2.16. The minimum Gasteiger partial charge on any atom is -0.508 e. The van der Waals surface area contributed by atoms with Gasteiger partial charge in [0.2, 0.25) is 0 Å². The van der Waals surface area contributed by atoms with E-state index in [1.54, 1.807) is 18.2 Å². The largest absolute Gasteiger partial charge is 0.508 e. The maximum absolute atomic E-state index is 9.79. The molecule has 2 aromatic carbocycles. The minimum atomic E-state index is 0.205. The normalized spacial score (nSPS) is 12.4. The van der Waals surface area contributed by atoms with Crippen LogP contribution in [0.5, 0.6) is 5.75 Å². The second-order valence-electron chi connectivity index (χ2n) is 4.75. The van der Waals surface area contributed by atoms with Crippen LogP contribution in [0, 0.1) is 6.92 Å². The van der Waals surface area contributed by atoms with Crippen molar-refractivity contribution in [2.24, 2.45) is 0 Å². The third-order valence-corrected chi connectivity index (χ3v) is 3.61. The van der Waals surface area contributed by atoms with Gasteiger partial charge >= 0.3 is 0 Å². The van der Waals surface area contributed by atoms with Crippen LogP contribution < -0.4 is 5.32 Å². The molecular formula is C16H18ClNO. The Morgan fingerprint density at radius 1 is 1.16 bits per heavy atom. The van der Waals surface area contributed by atoms with E-state index in [0.29, 0.717) is 11.6 Å². The maximum atomic E-state index is 9.79. The van der Waals surface area contributed by atoms with E-state index in [4.69, 9.17) is 11.6 Å². The molecule has 0 aliphatic carbocycles. The summed E-state index contributed by atoms with van der Waals surface area (Å²) in [7, 11) is 0. The van der Waals surface area contributed by atoms with Crippen LogP contribution in [-0.2, 0) is 6.54 Å². The van der Waals surface area contributed by atoms with Crippen LogP contribution in [0.25, 0.3) is 0 Å². The third-order valence-electron chi connectivity index (χ3n) is 3.26. The molecule has 2 rings (SSSR count). The Morgan fingerprint density at radius 2 is 1.84 bits per heavy atom. The Labute approximate surface area is 119 Å². The summed E-state index contributed by atoms with van der Waals surface area (Å²) in [5, 5.41) is 13.7. The zero-order valence-corrected chi connectivity index (χ0v) is 11.9. The lowest BCUT2D eigenvalue weighted by Crippen LogP contribution is -2.18. The highest BCUT2D eigenvalue weighted by molar-refractivity contribution is 6.31. The van der Waals surface area contributed by atoms with Crippen LogP contribution in [0.15, 0.2) is 42.5 Å². The minimum absolute atomic E-state index is 0.205. The van der Waals surface area contributed by atoms with E-state index in [0.717, 1.165) is 5.56 Å². The van der Waals surface area contributed by atoms with Crippen LogP contribution in [0.1, 0.15) is 29.7 Å². The molecule has 0 heterocycles. The molecule has 0 aromatic heterocycles. The van der Waals surface area contributed by atoms with Gasteiger partial charge in [-0.05, 0) is 31.5 Å². The lowest BCUT2D eigenvalue weighted by atomic mass is 10.1. The van der Waals surface area contributed by atoms with Crippen molar-refractivity contribution in [3.63, 3.8) is 0 Å². The number of halogens is 1. The lowest BCUT2D eigenvalue weighted by molar-refractivity contribution is 0.460. The number of phenols is 1. The molecule has 2 nitrogen and oxygen atoms in total. The van der Waals surface area contributed by atoms with Gasteiger partial charge in [0.05, 0.1) is 0 Å². The van der Waals surface area contributed by atoms with E-state index in [1.165, 1.54) is 11.1 Å². The first-order valence-corrected chi connectivity index (χ1v) is 6.72. The van der Waals surface area contributed by atoms with Gasteiger partial charge in [-0.1, -0.05) is 47.5 Å². The molecule has 100 valence electrons. The fraction of sp³-hybridized carbons (Fsp3) is 0.250. The second-order valence-corrected chi connectivity index (χ2v) is 5.16. The smallest absolute Gasteiger partial charge is 0.121 e. The highest BCUT2D eigenvalue weighted by atomic mass is 35.5. The Morgan fingerprint density at radius 3 is 2.47 bits per heavy atom. The van der Waals surface area contributed by atoms with Gasteiger partial charge in [0.15, 0.2) is 0 Å². The van der Waals surface area contributed by atoms with E-state index in [-0.39, 0.29) is 11.8 Å². The van der Waals surface area contributed by atoms with Crippen LogP contribution >= 0.6 is 11.6 Å². The van der Waals surface area contributed by atoms with E-state index < -0.39 is 0 Å². The first-order chi connectivity index (χ1) is 9.08. The van der Waals surface area contributed by atoms with Crippen molar-refractivity contribution in [3.8, 4) is 5.75 Å². The first-order valence-electron chi connectivity index (χ1n) is 6.34. The van der Waals surface area contributed by atoms with Crippen LogP contribution in [0.3, 0.4) is 0 Å². The number of benzene rings is 2. The monoisotopic (exact) mass is 275 g/mol. The molecule has 0 saturated heterocycles. The summed E-state index contributed by atoms with van der Waals surface area (Å²) in [5.74, 6) is 0.233. The third kappa shape index (κ3) is 3.49. The Balaban J connectivity index is 2.04. The van der Waals surface area contributed by atoms with Crippen molar-refractivity contribution in [1.29, 1.82) is 0 Å². The standard InChI is InChI=1S/C16H18ClNO/c1-11-6-8-13(9-7-11)12(2)18-10-14-15(17)4-3-5-16(14)19/h3-9,12,18-19H,10H2,1-2H3. The van der Waals surface area contributed by atoms with Crippen molar-refractivity contribution in [2.45, 2.75) is 26.4 Å². The SMILES string of the molecule is Cc1ccc(C(C)NCc2c(O)cccc2Cl)cc1. The molecule has 1 unspecified atom stereocenters. The summed E-state index contributed by atoms with van der Waals surface area (Å²) in [6.07, 6.45) is 0. The summed E-state index contributed by atoms with van der Waals surface area (Å²) in [4.78, 5) is 0. The Kier molecular flexibility index (Phi) is 4.46. The molecule has 0 radical (unpaired) electrons. The molecule has 3 heteroatoms. The zero-order chi connectivity index (χ0) is 13.8. The predicted octanol–water partition coefficient (Wildman–Crippen LogP) is 4.20. The summed E-state index contributed by atoms with van der Waals surface area (Å²) < 4.78 is 0.